The highest BCUT2D eigenvalue weighted by molar-refractivity contribution is 5.69. The molecule has 16 heavy (non-hydrogen) atoms. The number of allylic oxidation sites excluding steroid dienone is 1. The van der Waals surface area contributed by atoms with Crippen molar-refractivity contribution in [2.45, 2.75) is 6.54 Å². The summed E-state index contributed by atoms with van der Waals surface area (Å²) in [6.45, 7) is 3.34. The van der Waals surface area contributed by atoms with Crippen LogP contribution in [0, 0.1) is 0 Å². The first-order valence-electron chi connectivity index (χ1n) is 4.31. The van der Waals surface area contributed by atoms with Crippen molar-refractivity contribution in [2.75, 3.05) is 0 Å². The van der Waals surface area contributed by atoms with Crippen LogP contribution in [-0.4, -0.2) is 29.6 Å². The summed E-state index contributed by atoms with van der Waals surface area (Å²) in [6, 6.07) is -0.550. The maximum Gasteiger partial charge on any atom is 0.366 e. The second kappa shape index (κ2) is 3.26. The maximum absolute atomic E-state index is 11.7. The van der Waals surface area contributed by atoms with E-state index in [1.165, 1.54) is 6.08 Å². The molecule has 3 N–H and O–H groups in total. The highest BCUT2D eigenvalue weighted by atomic mass is 16.5. The predicted octanol–water partition coefficient (Wildman–Crippen LogP) is -0.985. The molecule has 2 aromatic rings. The topological polar surface area (TPSA) is 113 Å². The number of aromatic hydroxyl groups is 1. The number of hydrogen-bond donors (Lipinski definition) is 3. The van der Waals surface area contributed by atoms with Gasteiger partial charge in [-0.15, -0.1) is 11.3 Å². The Kier molecular flexibility index (Phi) is 2.04. The van der Waals surface area contributed by atoms with Crippen LogP contribution in [-0.2, 0) is 6.54 Å². The Bertz CT molecular complexity index is 678. The zero-order valence-corrected chi connectivity index (χ0v) is 8.04. The standard InChI is InChI=1S/C8H8N4O4/c1-2-3-11-6(13)4-5(10-7(14)9-4)12(16)8(11)15/h2,16H,1,3H2,(H2,9,10,14). The molecule has 8 nitrogen and oxygen atoms in total. The Balaban J connectivity index is 2.99. The van der Waals surface area contributed by atoms with E-state index in [0.717, 1.165) is 4.57 Å². The van der Waals surface area contributed by atoms with Gasteiger partial charge in [0.2, 0.25) is 5.65 Å². The lowest BCUT2D eigenvalue weighted by Crippen LogP contribution is -2.39. The van der Waals surface area contributed by atoms with Crippen LogP contribution in [0.2, 0.25) is 0 Å². The Hall–Kier alpha value is -2.51. The summed E-state index contributed by atoms with van der Waals surface area (Å²) in [4.78, 5) is 28.9. The summed E-state index contributed by atoms with van der Waals surface area (Å²) >= 11 is 0. The van der Waals surface area contributed by atoms with E-state index in [4.69, 9.17) is 5.11 Å². The summed E-state index contributed by atoms with van der Waals surface area (Å²) in [6.07, 6.45) is 1.34. The molecule has 0 unspecified atom stereocenters. The molecular formula is C8H8N4O4. The van der Waals surface area contributed by atoms with E-state index in [1.54, 1.807) is 0 Å². The van der Waals surface area contributed by atoms with E-state index < -0.39 is 17.3 Å². The Morgan fingerprint density at radius 3 is 2.81 bits per heavy atom. The molecule has 84 valence electrons. The lowest BCUT2D eigenvalue weighted by molar-refractivity contribution is 0.176. The SMILES string of the molecule is C=CCn1c(=O)c2[nH]c(O)nc2n(O)c1=O. The van der Waals surface area contributed by atoms with Crippen molar-refractivity contribution < 1.29 is 10.3 Å². The third-order valence-electron chi connectivity index (χ3n) is 2.06. The van der Waals surface area contributed by atoms with Crippen molar-refractivity contribution >= 4 is 11.2 Å². The fourth-order valence-corrected chi connectivity index (χ4v) is 1.37. The van der Waals surface area contributed by atoms with Crippen LogP contribution in [0.4, 0.5) is 0 Å². The molecule has 0 atom stereocenters. The first kappa shape index (κ1) is 10.0. The van der Waals surface area contributed by atoms with Gasteiger partial charge in [0.1, 0.15) is 0 Å². The van der Waals surface area contributed by atoms with Crippen molar-refractivity contribution in [3.8, 4) is 6.01 Å². The molecule has 0 amide bonds. The monoisotopic (exact) mass is 224 g/mol. The Morgan fingerprint density at radius 1 is 1.50 bits per heavy atom. The molecule has 0 aliphatic rings. The van der Waals surface area contributed by atoms with Crippen LogP contribution in [0.5, 0.6) is 6.01 Å². The highest BCUT2D eigenvalue weighted by Crippen LogP contribution is 2.07. The van der Waals surface area contributed by atoms with Gasteiger partial charge in [-0.3, -0.25) is 9.36 Å². The third kappa shape index (κ3) is 1.20. The molecule has 0 spiro atoms. The number of aromatic nitrogens is 4. The molecule has 8 heteroatoms. The summed E-state index contributed by atoms with van der Waals surface area (Å²) in [5.41, 5.74) is -2.09. The second-order valence-corrected chi connectivity index (χ2v) is 3.06. The molecule has 0 radical (unpaired) electrons. The van der Waals surface area contributed by atoms with Crippen LogP contribution in [0.1, 0.15) is 0 Å². The number of H-pyrrole nitrogens is 1. The van der Waals surface area contributed by atoms with Gasteiger partial charge in [0.15, 0.2) is 5.52 Å². The molecule has 0 aliphatic heterocycles. The van der Waals surface area contributed by atoms with E-state index in [1.807, 2.05) is 0 Å². The molecule has 0 fully saturated rings. The van der Waals surface area contributed by atoms with Gasteiger partial charge in [-0.1, -0.05) is 6.08 Å². The third-order valence-corrected chi connectivity index (χ3v) is 2.06. The molecule has 0 aliphatic carbocycles. The Morgan fingerprint density at radius 2 is 2.19 bits per heavy atom. The summed E-state index contributed by atoms with van der Waals surface area (Å²) in [5, 5.41) is 18.5. The fourth-order valence-electron chi connectivity index (χ4n) is 1.37. The highest BCUT2D eigenvalue weighted by Gasteiger charge is 2.15. The van der Waals surface area contributed by atoms with E-state index in [-0.39, 0.29) is 22.4 Å². The van der Waals surface area contributed by atoms with Crippen LogP contribution in [0.3, 0.4) is 0 Å². The average molecular weight is 224 g/mol. The number of nitrogens with one attached hydrogen (secondary N) is 1. The molecule has 0 saturated heterocycles. The number of fused-ring (bicyclic) bond motifs is 1. The summed E-state index contributed by atoms with van der Waals surface area (Å²) < 4.78 is 0.948. The summed E-state index contributed by atoms with van der Waals surface area (Å²) in [7, 11) is 0. The number of aromatic amines is 1. The van der Waals surface area contributed by atoms with Crippen molar-refractivity contribution in [1.82, 2.24) is 19.3 Å². The molecule has 2 rings (SSSR count). The van der Waals surface area contributed by atoms with Crippen molar-refractivity contribution in [1.29, 1.82) is 0 Å². The first-order chi connectivity index (χ1) is 7.56. The minimum atomic E-state index is -0.941. The summed E-state index contributed by atoms with van der Waals surface area (Å²) in [5.74, 6) is 0. The molecule has 0 saturated carbocycles. The van der Waals surface area contributed by atoms with E-state index in [0.29, 0.717) is 0 Å². The van der Waals surface area contributed by atoms with E-state index in [2.05, 4.69) is 16.5 Å². The van der Waals surface area contributed by atoms with Crippen LogP contribution < -0.4 is 11.2 Å². The minimum absolute atomic E-state index is 0.0477. The Labute approximate surface area is 87.7 Å². The molecular weight excluding hydrogens is 216 g/mol. The second-order valence-electron chi connectivity index (χ2n) is 3.06. The van der Waals surface area contributed by atoms with Gasteiger partial charge < -0.3 is 15.3 Å². The fraction of sp³-hybridized carbons (Fsp3) is 0.125. The molecule has 0 bridgehead atoms. The predicted molar refractivity (Wildman–Crippen MR) is 53.7 cm³/mol. The van der Waals surface area contributed by atoms with Crippen molar-refractivity contribution in [3.63, 3.8) is 0 Å². The van der Waals surface area contributed by atoms with Gasteiger partial charge >= 0.3 is 5.69 Å². The van der Waals surface area contributed by atoms with Crippen molar-refractivity contribution in [3.05, 3.63) is 33.5 Å². The van der Waals surface area contributed by atoms with Gasteiger partial charge in [-0.05, 0) is 0 Å². The maximum atomic E-state index is 11.7. The number of nitrogens with zero attached hydrogens (tertiary/aromatic N) is 3. The van der Waals surface area contributed by atoms with Gasteiger partial charge in [-0.25, -0.2) is 4.79 Å². The van der Waals surface area contributed by atoms with Crippen LogP contribution in [0.15, 0.2) is 22.2 Å². The number of imidazole rings is 1. The number of rotatable bonds is 2. The van der Waals surface area contributed by atoms with Crippen molar-refractivity contribution in [2.24, 2.45) is 0 Å². The van der Waals surface area contributed by atoms with E-state index >= 15 is 0 Å². The van der Waals surface area contributed by atoms with Gasteiger partial charge in [0.25, 0.3) is 11.6 Å². The first-order valence-corrected chi connectivity index (χ1v) is 4.31. The van der Waals surface area contributed by atoms with Crippen LogP contribution in [0.25, 0.3) is 11.2 Å². The zero-order chi connectivity index (χ0) is 11.9. The molecule has 0 aromatic carbocycles. The molecule has 2 aromatic heterocycles. The smallest absolute Gasteiger partial charge is 0.366 e. The van der Waals surface area contributed by atoms with E-state index in [9.17, 15) is 14.8 Å². The molecule has 2 heterocycles. The van der Waals surface area contributed by atoms with Gasteiger partial charge in [0.05, 0.1) is 0 Å². The largest absolute Gasteiger partial charge is 0.480 e. The quantitative estimate of drug-likeness (QED) is 0.448. The lowest BCUT2D eigenvalue weighted by Gasteiger charge is -2.02. The average Bonchev–Trinajstić information content (AvgIpc) is 2.64. The van der Waals surface area contributed by atoms with Crippen LogP contribution >= 0.6 is 0 Å². The normalized spacial score (nSPS) is 10.8. The van der Waals surface area contributed by atoms with Gasteiger partial charge in [0, 0.05) is 6.54 Å². The van der Waals surface area contributed by atoms with Gasteiger partial charge in [-0.2, -0.15) is 4.98 Å². The lowest BCUT2D eigenvalue weighted by atomic mass is 10.5. The minimum Gasteiger partial charge on any atom is -0.480 e. The zero-order valence-electron chi connectivity index (χ0n) is 8.04. The number of hydrogen-bond acceptors (Lipinski definition) is 5.